The number of aromatic nitrogens is 2. The van der Waals surface area contributed by atoms with Gasteiger partial charge in [-0.25, -0.2) is 4.98 Å². The number of halogens is 1. The molecular weight excluding hydrogens is 288 g/mol. The Labute approximate surface area is 129 Å². The highest BCUT2D eigenvalue weighted by Gasteiger charge is 2.28. The number of thioether (sulfide) groups is 1. The number of alkyl halides is 1. The minimum atomic E-state index is 0.595. The molecule has 0 radical (unpaired) electrons. The van der Waals surface area contributed by atoms with Gasteiger partial charge in [-0.15, -0.1) is 11.6 Å². The van der Waals surface area contributed by atoms with Crippen molar-refractivity contribution in [2.45, 2.75) is 43.9 Å². The van der Waals surface area contributed by atoms with E-state index in [0.29, 0.717) is 11.9 Å². The van der Waals surface area contributed by atoms with Gasteiger partial charge in [0.15, 0.2) is 0 Å². The lowest BCUT2D eigenvalue weighted by Gasteiger charge is -2.16. The molecule has 0 spiro atoms. The van der Waals surface area contributed by atoms with Crippen molar-refractivity contribution in [3.05, 3.63) is 29.6 Å². The van der Waals surface area contributed by atoms with Gasteiger partial charge in [-0.1, -0.05) is 12.1 Å². The average molecular weight is 309 g/mol. The van der Waals surface area contributed by atoms with Crippen LogP contribution in [-0.4, -0.2) is 26.9 Å². The van der Waals surface area contributed by atoms with Gasteiger partial charge in [0.05, 0.1) is 11.0 Å². The quantitative estimate of drug-likeness (QED) is 0.769. The number of hydrogen-bond acceptors (Lipinski definition) is 2. The van der Waals surface area contributed by atoms with Crippen LogP contribution in [0.4, 0.5) is 0 Å². The van der Waals surface area contributed by atoms with Gasteiger partial charge in [0, 0.05) is 23.6 Å². The molecule has 1 aliphatic rings. The van der Waals surface area contributed by atoms with Crippen LogP contribution in [0.15, 0.2) is 18.2 Å². The zero-order valence-corrected chi connectivity index (χ0v) is 13.7. The molecule has 2 aromatic rings. The maximum atomic E-state index is 5.98. The zero-order chi connectivity index (χ0) is 14.1. The molecule has 3 rings (SSSR count). The molecule has 0 aliphatic heterocycles. The van der Waals surface area contributed by atoms with E-state index in [0.717, 1.165) is 23.0 Å². The summed E-state index contributed by atoms with van der Waals surface area (Å²) >= 11 is 7.98. The second-order valence-electron chi connectivity index (χ2n) is 5.60. The molecule has 0 saturated heterocycles. The fraction of sp³-hybridized carbons (Fsp3) is 0.562. The summed E-state index contributed by atoms with van der Waals surface area (Å²) in [4.78, 5) is 4.87. The van der Waals surface area contributed by atoms with E-state index in [-0.39, 0.29) is 0 Å². The molecule has 0 N–H and O–H groups in total. The van der Waals surface area contributed by atoms with Crippen molar-refractivity contribution >= 4 is 34.4 Å². The van der Waals surface area contributed by atoms with E-state index >= 15 is 0 Å². The van der Waals surface area contributed by atoms with Gasteiger partial charge in [0.1, 0.15) is 5.82 Å². The van der Waals surface area contributed by atoms with E-state index in [2.05, 4.69) is 35.9 Å². The third-order valence-corrected chi connectivity index (χ3v) is 5.65. The number of fused-ring (bicyclic) bond motifs is 1. The van der Waals surface area contributed by atoms with Crippen molar-refractivity contribution in [3.8, 4) is 0 Å². The van der Waals surface area contributed by atoms with Crippen LogP contribution in [0, 0.1) is 6.92 Å². The number of hydrogen-bond donors (Lipinski definition) is 0. The van der Waals surface area contributed by atoms with Crippen LogP contribution in [0.25, 0.3) is 11.0 Å². The normalized spacial score (nSPS) is 22.8. The highest BCUT2D eigenvalue weighted by Crippen LogP contribution is 2.39. The van der Waals surface area contributed by atoms with Crippen LogP contribution in [-0.2, 0) is 6.42 Å². The molecule has 1 heterocycles. The van der Waals surface area contributed by atoms with Gasteiger partial charge in [-0.3, -0.25) is 0 Å². The van der Waals surface area contributed by atoms with E-state index in [1.165, 1.54) is 30.3 Å². The van der Waals surface area contributed by atoms with E-state index in [1.807, 2.05) is 11.8 Å². The second-order valence-corrected chi connectivity index (χ2v) is 7.12. The van der Waals surface area contributed by atoms with Crippen molar-refractivity contribution in [3.63, 3.8) is 0 Å². The first-order valence-electron chi connectivity index (χ1n) is 7.29. The van der Waals surface area contributed by atoms with E-state index in [4.69, 9.17) is 16.6 Å². The zero-order valence-electron chi connectivity index (χ0n) is 12.1. The maximum absolute atomic E-state index is 5.98. The number of imidazole rings is 1. The summed E-state index contributed by atoms with van der Waals surface area (Å²) in [5.74, 6) is 1.80. The molecule has 1 aromatic carbocycles. The predicted molar refractivity (Wildman–Crippen MR) is 89.1 cm³/mol. The molecule has 1 saturated carbocycles. The van der Waals surface area contributed by atoms with Crippen molar-refractivity contribution in [2.75, 3.05) is 12.1 Å². The number of rotatable bonds is 4. The Morgan fingerprint density at radius 1 is 1.40 bits per heavy atom. The Bertz CT molecular complexity index is 608. The summed E-state index contributed by atoms with van der Waals surface area (Å²) in [6.45, 7) is 2.14. The Hall–Kier alpha value is -0.670. The summed E-state index contributed by atoms with van der Waals surface area (Å²) < 4.78 is 2.47. The minimum Gasteiger partial charge on any atom is -0.325 e. The third-order valence-electron chi connectivity index (χ3n) is 4.37. The SMILES string of the molecule is CSC1CCC(n2c(CCCl)nc3c(C)cccc32)C1. The van der Waals surface area contributed by atoms with Crippen LogP contribution >= 0.6 is 23.4 Å². The van der Waals surface area contributed by atoms with E-state index in [9.17, 15) is 0 Å². The number of benzene rings is 1. The van der Waals surface area contributed by atoms with Gasteiger partial charge in [0.25, 0.3) is 0 Å². The summed E-state index contributed by atoms with van der Waals surface area (Å²) in [6.07, 6.45) is 6.92. The average Bonchev–Trinajstić information content (AvgIpc) is 3.03. The topological polar surface area (TPSA) is 17.8 Å². The van der Waals surface area contributed by atoms with Crippen molar-refractivity contribution < 1.29 is 0 Å². The molecule has 2 nitrogen and oxygen atoms in total. The van der Waals surface area contributed by atoms with Gasteiger partial charge in [0.2, 0.25) is 0 Å². The molecule has 108 valence electrons. The molecule has 20 heavy (non-hydrogen) atoms. The summed E-state index contributed by atoms with van der Waals surface area (Å²) in [5, 5.41) is 0.797. The first-order valence-corrected chi connectivity index (χ1v) is 9.12. The highest BCUT2D eigenvalue weighted by molar-refractivity contribution is 7.99. The molecule has 2 atom stereocenters. The monoisotopic (exact) mass is 308 g/mol. The third kappa shape index (κ3) is 2.46. The number of para-hydroxylation sites is 1. The summed E-state index contributed by atoms with van der Waals surface area (Å²) in [5.41, 5.74) is 3.70. The lowest BCUT2D eigenvalue weighted by Crippen LogP contribution is -2.10. The Morgan fingerprint density at radius 2 is 2.25 bits per heavy atom. The fourth-order valence-electron chi connectivity index (χ4n) is 3.34. The molecule has 4 heteroatoms. The smallest absolute Gasteiger partial charge is 0.111 e. The van der Waals surface area contributed by atoms with Gasteiger partial charge in [-0.05, 0) is 44.1 Å². The fourth-order valence-corrected chi connectivity index (χ4v) is 4.30. The highest BCUT2D eigenvalue weighted by atomic mass is 35.5. The molecule has 1 fully saturated rings. The van der Waals surface area contributed by atoms with E-state index in [1.54, 1.807) is 0 Å². The van der Waals surface area contributed by atoms with Crippen LogP contribution < -0.4 is 0 Å². The molecule has 0 bridgehead atoms. The summed E-state index contributed by atoms with van der Waals surface area (Å²) in [7, 11) is 0. The Morgan fingerprint density at radius 3 is 2.95 bits per heavy atom. The first-order chi connectivity index (χ1) is 9.74. The van der Waals surface area contributed by atoms with Gasteiger partial charge >= 0.3 is 0 Å². The minimum absolute atomic E-state index is 0.595. The molecule has 1 aromatic heterocycles. The lowest BCUT2D eigenvalue weighted by molar-refractivity contribution is 0.514. The molecule has 0 amide bonds. The first kappa shape index (κ1) is 14.3. The molecule has 1 aliphatic carbocycles. The van der Waals surface area contributed by atoms with Crippen molar-refractivity contribution in [2.24, 2.45) is 0 Å². The lowest BCUT2D eigenvalue weighted by atomic mass is 10.2. The Balaban J connectivity index is 2.07. The van der Waals surface area contributed by atoms with Gasteiger partial charge in [-0.2, -0.15) is 11.8 Å². The Kier molecular flexibility index (Phi) is 4.27. The number of nitrogens with zero attached hydrogens (tertiary/aromatic N) is 2. The molecule has 2 unspecified atom stereocenters. The summed E-state index contributed by atoms with van der Waals surface area (Å²) in [6, 6.07) is 7.09. The van der Waals surface area contributed by atoms with Crippen LogP contribution in [0.1, 0.15) is 36.7 Å². The second kappa shape index (κ2) is 5.98. The van der Waals surface area contributed by atoms with Crippen molar-refractivity contribution in [1.29, 1.82) is 0 Å². The predicted octanol–water partition coefficient (Wildman–Crippen LogP) is 4.58. The van der Waals surface area contributed by atoms with Crippen LogP contribution in [0.5, 0.6) is 0 Å². The molecular formula is C16H21ClN2S. The van der Waals surface area contributed by atoms with Crippen LogP contribution in [0.2, 0.25) is 0 Å². The standard InChI is InChI=1S/C16H21ClN2S/c1-11-4-3-5-14-16(11)18-15(8-9-17)19(14)12-6-7-13(10-12)20-2/h3-5,12-13H,6-10H2,1-2H3. The maximum Gasteiger partial charge on any atom is 0.111 e. The largest absolute Gasteiger partial charge is 0.325 e. The number of aryl methyl sites for hydroxylation is 2. The van der Waals surface area contributed by atoms with E-state index < -0.39 is 0 Å². The van der Waals surface area contributed by atoms with Crippen LogP contribution in [0.3, 0.4) is 0 Å². The van der Waals surface area contributed by atoms with Crippen molar-refractivity contribution in [1.82, 2.24) is 9.55 Å². The van der Waals surface area contributed by atoms with Gasteiger partial charge < -0.3 is 4.57 Å².